The van der Waals surface area contributed by atoms with Gasteiger partial charge in [-0.1, -0.05) is 11.6 Å². The largest absolute Gasteiger partial charge is 0.383 e. The van der Waals surface area contributed by atoms with Crippen molar-refractivity contribution in [2.24, 2.45) is 0 Å². The van der Waals surface area contributed by atoms with E-state index in [0.717, 1.165) is 5.69 Å². The highest BCUT2D eigenvalue weighted by Gasteiger charge is 2.04. The predicted octanol–water partition coefficient (Wildman–Crippen LogP) is 1.88. The molecule has 0 unspecified atom stereocenters. The van der Waals surface area contributed by atoms with Gasteiger partial charge < -0.3 is 5.73 Å². The van der Waals surface area contributed by atoms with Crippen molar-refractivity contribution in [3.63, 3.8) is 0 Å². The minimum absolute atomic E-state index is 0.616. The molecule has 2 aromatic rings. The maximum Gasteiger partial charge on any atom is 0.157 e. The van der Waals surface area contributed by atoms with Gasteiger partial charge in [-0.25, -0.2) is 4.98 Å². The van der Waals surface area contributed by atoms with Crippen LogP contribution in [-0.4, -0.2) is 9.38 Å². The fourth-order valence-electron chi connectivity index (χ4n) is 1.25. The first-order valence-corrected chi connectivity index (χ1v) is 3.96. The van der Waals surface area contributed by atoms with E-state index < -0.39 is 0 Å². The second-order valence-corrected chi connectivity index (χ2v) is 3.07. The van der Waals surface area contributed by atoms with Crippen LogP contribution >= 0.6 is 11.6 Å². The normalized spacial score (nSPS) is 10.8. The lowest BCUT2D eigenvalue weighted by Gasteiger charge is -2.01. The van der Waals surface area contributed by atoms with Gasteiger partial charge in [0, 0.05) is 5.69 Å². The Kier molecular flexibility index (Phi) is 1.48. The molecule has 0 aliphatic heterocycles. The van der Waals surface area contributed by atoms with Crippen LogP contribution < -0.4 is 5.73 Å². The fraction of sp³-hybridized carbons (Fsp3) is 0.125. The number of rotatable bonds is 0. The number of aryl methyl sites for hydroxylation is 1. The highest BCUT2D eigenvalue weighted by molar-refractivity contribution is 6.33. The Bertz CT molecular complexity index is 433. The minimum Gasteiger partial charge on any atom is -0.383 e. The lowest BCUT2D eigenvalue weighted by molar-refractivity contribution is 1.10. The topological polar surface area (TPSA) is 43.3 Å². The van der Waals surface area contributed by atoms with E-state index in [1.807, 2.05) is 23.5 Å². The van der Waals surface area contributed by atoms with E-state index in [9.17, 15) is 0 Å². The van der Waals surface area contributed by atoms with Crippen LogP contribution in [0.3, 0.4) is 0 Å². The Morgan fingerprint density at radius 2 is 2.25 bits per heavy atom. The molecule has 2 aromatic heterocycles. The Morgan fingerprint density at radius 3 is 2.92 bits per heavy atom. The molecule has 0 spiro atoms. The maximum absolute atomic E-state index is 5.90. The monoisotopic (exact) mass is 181 g/mol. The zero-order valence-corrected chi connectivity index (χ0v) is 7.34. The third kappa shape index (κ3) is 0.865. The van der Waals surface area contributed by atoms with Crippen molar-refractivity contribution in [2.75, 3.05) is 5.73 Å². The Balaban J connectivity index is 2.98. The number of anilines is 1. The van der Waals surface area contributed by atoms with E-state index in [1.165, 1.54) is 0 Å². The third-order valence-corrected chi connectivity index (χ3v) is 2.12. The molecule has 0 atom stereocenters. The molecule has 3 nitrogen and oxygen atoms in total. The SMILES string of the molecule is Cc1ccc(Cl)c2ncc(N)n12. The number of hydrogen-bond acceptors (Lipinski definition) is 2. The first kappa shape index (κ1) is 7.43. The van der Waals surface area contributed by atoms with Crippen LogP contribution in [0.1, 0.15) is 5.69 Å². The van der Waals surface area contributed by atoms with Crippen LogP contribution in [0, 0.1) is 6.92 Å². The Hall–Kier alpha value is -1.22. The fourth-order valence-corrected chi connectivity index (χ4v) is 1.44. The van der Waals surface area contributed by atoms with Gasteiger partial charge in [0.2, 0.25) is 0 Å². The average Bonchev–Trinajstić information content (AvgIpc) is 2.42. The quantitative estimate of drug-likeness (QED) is 0.675. The number of aromatic nitrogens is 2. The van der Waals surface area contributed by atoms with E-state index in [1.54, 1.807) is 6.20 Å². The summed E-state index contributed by atoms with van der Waals surface area (Å²) in [6.07, 6.45) is 1.61. The van der Waals surface area contributed by atoms with Gasteiger partial charge in [-0.15, -0.1) is 0 Å². The molecular formula is C8H8ClN3. The van der Waals surface area contributed by atoms with Crippen molar-refractivity contribution in [1.29, 1.82) is 0 Å². The van der Waals surface area contributed by atoms with E-state index in [2.05, 4.69) is 4.98 Å². The number of nitrogens with zero attached hydrogens (tertiary/aromatic N) is 2. The van der Waals surface area contributed by atoms with Crippen molar-refractivity contribution < 1.29 is 0 Å². The van der Waals surface area contributed by atoms with Crippen LogP contribution in [0.25, 0.3) is 5.65 Å². The second-order valence-electron chi connectivity index (χ2n) is 2.66. The van der Waals surface area contributed by atoms with Gasteiger partial charge in [-0.05, 0) is 19.1 Å². The van der Waals surface area contributed by atoms with Gasteiger partial charge in [-0.2, -0.15) is 0 Å². The van der Waals surface area contributed by atoms with Crippen LogP contribution in [0.5, 0.6) is 0 Å². The standard InChI is InChI=1S/C8H8ClN3/c1-5-2-3-6(9)8-11-4-7(10)12(5)8/h2-4H,10H2,1H3. The van der Waals surface area contributed by atoms with Crippen molar-refractivity contribution in [2.45, 2.75) is 6.92 Å². The number of pyridine rings is 1. The lowest BCUT2D eigenvalue weighted by Crippen LogP contribution is -1.96. The summed E-state index contributed by atoms with van der Waals surface area (Å²) in [5.41, 5.74) is 7.44. The third-order valence-electron chi connectivity index (χ3n) is 1.83. The number of hydrogen-bond donors (Lipinski definition) is 1. The van der Waals surface area contributed by atoms with E-state index in [-0.39, 0.29) is 0 Å². The van der Waals surface area contributed by atoms with Crippen molar-refractivity contribution in [3.8, 4) is 0 Å². The van der Waals surface area contributed by atoms with Gasteiger partial charge in [0.05, 0.1) is 11.2 Å². The van der Waals surface area contributed by atoms with E-state index in [0.29, 0.717) is 16.5 Å². The molecule has 0 amide bonds. The molecule has 0 saturated carbocycles. The molecule has 4 heteroatoms. The summed E-state index contributed by atoms with van der Waals surface area (Å²) in [5.74, 6) is 0.616. The van der Waals surface area contributed by atoms with E-state index in [4.69, 9.17) is 17.3 Å². The maximum atomic E-state index is 5.90. The Morgan fingerprint density at radius 1 is 1.50 bits per heavy atom. The number of fused-ring (bicyclic) bond motifs is 1. The molecule has 0 aromatic carbocycles. The Labute approximate surface area is 74.8 Å². The molecule has 0 fully saturated rings. The van der Waals surface area contributed by atoms with Crippen LogP contribution in [-0.2, 0) is 0 Å². The first-order chi connectivity index (χ1) is 5.70. The molecule has 2 heterocycles. The summed E-state index contributed by atoms with van der Waals surface area (Å²) in [6.45, 7) is 1.96. The lowest BCUT2D eigenvalue weighted by atomic mass is 10.4. The number of halogens is 1. The van der Waals surface area contributed by atoms with Gasteiger partial charge in [0.25, 0.3) is 0 Å². The first-order valence-electron chi connectivity index (χ1n) is 3.58. The summed E-state index contributed by atoms with van der Waals surface area (Å²) in [5, 5.41) is 0.623. The van der Waals surface area contributed by atoms with Gasteiger partial charge in [0.1, 0.15) is 5.82 Å². The van der Waals surface area contributed by atoms with Gasteiger partial charge in [-0.3, -0.25) is 4.40 Å². The zero-order valence-electron chi connectivity index (χ0n) is 6.58. The predicted molar refractivity (Wildman–Crippen MR) is 49.4 cm³/mol. The van der Waals surface area contributed by atoms with Crippen LogP contribution in [0.2, 0.25) is 5.02 Å². The van der Waals surface area contributed by atoms with Crippen LogP contribution in [0.15, 0.2) is 18.3 Å². The average molecular weight is 182 g/mol. The summed E-state index contributed by atoms with van der Waals surface area (Å²) in [6, 6.07) is 3.73. The number of nitrogen functional groups attached to an aromatic ring is 1. The molecule has 2 N–H and O–H groups in total. The van der Waals surface area contributed by atoms with Gasteiger partial charge >= 0.3 is 0 Å². The molecule has 62 valence electrons. The summed E-state index contributed by atoms with van der Waals surface area (Å²) in [4.78, 5) is 4.08. The molecular weight excluding hydrogens is 174 g/mol. The number of imidazole rings is 1. The highest BCUT2D eigenvalue weighted by atomic mass is 35.5. The molecule has 0 radical (unpaired) electrons. The van der Waals surface area contributed by atoms with Crippen molar-refractivity contribution in [1.82, 2.24) is 9.38 Å². The minimum atomic E-state index is 0.616. The van der Waals surface area contributed by atoms with Crippen molar-refractivity contribution >= 4 is 23.1 Å². The van der Waals surface area contributed by atoms with E-state index >= 15 is 0 Å². The second kappa shape index (κ2) is 2.38. The van der Waals surface area contributed by atoms with Gasteiger partial charge in [0.15, 0.2) is 5.65 Å². The molecule has 0 aliphatic rings. The highest BCUT2D eigenvalue weighted by Crippen LogP contribution is 2.19. The van der Waals surface area contributed by atoms with Crippen molar-refractivity contribution in [3.05, 3.63) is 29.0 Å². The molecule has 0 aliphatic carbocycles. The molecule has 2 rings (SSSR count). The summed E-state index contributed by atoms with van der Waals surface area (Å²) >= 11 is 5.90. The summed E-state index contributed by atoms with van der Waals surface area (Å²) in [7, 11) is 0. The zero-order chi connectivity index (χ0) is 8.72. The smallest absolute Gasteiger partial charge is 0.157 e. The molecule has 0 bridgehead atoms. The number of nitrogens with two attached hydrogens (primary N) is 1. The molecule has 0 saturated heterocycles. The summed E-state index contributed by atoms with van der Waals surface area (Å²) < 4.78 is 1.82. The van der Waals surface area contributed by atoms with Crippen LogP contribution in [0.4, 0.5) is 5.82 Å². The molecule has 12 heavy (non-hydrogen) atoms.